The van der Waals surface area contributed by atoms with Crippen LogP contribution in [0.25, 0.3) is 0 Å². The Morgan fingerprint density at radius 2 is 1.52 bits per heavy atom. The van der Waals surface area contributed by atoms with E-state index in [1.165, 1.54) is 95.5 Å². The molecule has 2 saturated carbocycles. The summed E-state index contributed by atoms with van der Waals surface area (Å²) in [6.45, 7) is 6.05. The molecule has 0 radical (unpaired) electrons. The second-order valence-corrected chi connectivity index (χ2v) is 9.83. The van der Waals surface area contributed by atoms with E-state index in [0.29, 0.717) is 0 Å². The second-order valence-electron chi connectivity index (χ2n) is 9.83. The van der Waals surface area contributed by atoms with Gasteiger partial charge in [0.15, 0.2) is 0 Å². The quantitative estimate of drug-likeness (QED) is 0.275. The van der Waals surface area contributed by atoms with E-state index in [9.17, 15) is 0 Å². The Morgan fingerprint density at radius 3 is 2.14 bits per heavy atom. The molecule has 0 spiro atoms. The number of hydrogen-bond acceptors (Lipinski definition) is 0. The summed E-state index contributed by atoms with van der Waals surface area (Å²) in [5.74, 6) is 3.84. The maximum Gasteiger partial charge on any atom is -0.0162 e. The molecule has 0 saturated heterocycles. The zero-order valence-electron chi connectivity index (χ0n) is 19.0. The van der Waals surface area contributed by atoms with Crippen molar-refractivity contribution in [1.82, 2.24) is 0 Å². The molecule has 0 aliphatic heterocycles. The molecule has 0 N–H and O–H groups in total. The molecule has 0 bridgehead atoms. The van der Waals surface area contributed by atoms with Crippen molar-refractivity contribution in [3.8, 4) is 0 Å². The number of unbranched alkanes of at least 4 members (excludes halogenated alkanes) is 2. The van der Waals surface area contributed by atoms with Gasteiger partial charge < -0.3 is 0 Å². The van der Waals surface area contributed by atoms with E-state index in [1.54, 1.807) is 5.56 Å². The molecule has 29 heavy (non-hydrogen) atoms. The fourth-order valence-corrected chi connectivity index (χ4v) is 5.93. The molecule has 2 aliphatic rings. The van der Waals surface area contributed by atoms with E-state index in [1.807, 2.05) is 6.08 Å². The highest BCUT2D eigenvalue weighted by Crippen LogP contribution is 2.44. The molecule has 160 valence electrons. The summed E-state index contributed by atoms with van der Waals surface area (Å²) in [6.07, 6.45) is 25.9. The fraction of sp³-hybridized carbons (Fsp3) is 0.655. The molecule has 0 heteroatoms. The SMILES string of the molecule is C=CC=CCCC1CCC(C2CCC(c3ccc(CCCCC)cc3)CC2)CC1. The zero-order valence-corrected chi connectivity index (χ0v) is 19.0. The average Bonchev–Trinajstić information content (AvgIpc) is 2.78. The van der Waals surface area contributed by atoms with Crippen LogP contribution >= 0.6 is 0 Å². The molecule has 3 rings (SSSR count). The number of hydrogen-bond donors (Lipinski definition) is 0. The topological polar surface area (TPSA) is 0 Å². The van der Waals surface area contributed by atoms with Gasteiger partial charge in [0.2, 0.25) is 0 Å². The fourth-order valence-electron chi connectivity index (χ4n) is 5.93. The van der Waals surface area contributed by atoms with E-state index in [2.05, 4.69) is 49.9 Å². The Balaban J connectivity index is 1.37. The third-order valence-corrected chi connectivity index (χ3v) is 7.86. The number of benzene rings is 1. The molecular weight excluding hydrogens is 348 g/mol. The third kappa shape index (κ3) is 7.16. The zero-order chi connectivity index (χ0) is 20.3. The second kappa shape index (κ2) is 12.4. The molecule has 0 atom stereocenters. The highest BCUT2D eigenvalue weighted by atomic mass is 14.4. The minimum absolute atomic E-state index is 0.823. The summed E-state index contributed by atoms with van der Waals surface area (Å²) in [5.41, 5.74) is 3.15. The van der Waals surface area contributed by atoms with Gasteiger partial charge in [-0.3, -0.25) is 0 Å². The van der Waals surface area contributed by atoms with Crippen molar-refractivity contribution in [3.05, 3.63) is 60.2 Å². The van der Waals surface area contributed by atoms with Crippen molar-refractivity contribution in [1.29, 1.82) is 0 Å². The van der Waals surface area contributed by atoms with Gasteiger partial charge in [-0.05, 0) is 99.0 Å². The minimum atomic E-state index is 0.823. The Kier molecular flexibility index (Phi) is 9.58. The number of aryl methyl sites for hydroxylation is 1. The third-order valence-electron chi connectivity index (χ3n) is 7.86. The van der Waals surface area contributed by atoms with Crippen LogP contribution in [0, 0.1) is 17.8 Å². The largest absolute Gasteiger partial charge is 0.0991 e. The van der Waals surface area contributed by atoms with E-state index in [0.717, 1.165) is 23.7 Å². The van der Waals surface area contributed by atoms with Gasteiger partial charge in [-0.15, -0.1) is 0 Å². The lowest BCUT2D eigenvalue weighted by molar-refractivity contribution is 0.157. The van der Waals surface area contributed by atoms with E-state index >= 15 is 0 Å². The van der Waals surface area contributed by atoms with Gasteiger partial charge in [0.05, 0.1) is 0 Å². The lowest BCUT2D eigenvalue weighted by Crippen LogP contribution is -2.25. The van der Waals surface area contributed by atoms with Crippen LogP contribution in [0.5, 0.6) is 0 Å². The van der Waals surface area contributed by atoms with Crippen molar-refractivity contribution < 1.29 is 0 Å². The van der Waals surface area contributed by atoms with Gasteiger partial charge in [0, 0.05) is 0 Å². The first-order chi connectivity index (χ1) is 14.3. The maximum absolute atomic E-state index is 3.76. The summed E-state index contributed by atoms with van der Waals surface area (Å²) in [6, 6.07) is 9.70. The Hall–Kier alpha value is -1.30. The van der Waals surface area contributed by atoms with Crippen molar-refractivity contribution in [2.45, 2.75) is 103 Å². The molecule has 2 fully saturated rings. The smallest absolute Gasteiger partial charge is 0.0162 e. The minimum Gasteiger partial charge on any atom is -0.0991 e. The summed E-state index contributed by atoms with van der Waals surface area (Å²) in [5, 5.41) is 0. The Labute approximate surface area is 180 Å². The Morgan fingerprint density at radius 1 is 0.862 bits per heavy atom. The first-order valence-corrected chi connectivity index (χ1v) is 12.7. The molecule has 2 aliphatic carbocycles. The highest BCUT2D eigenvalue weighted by molar-refractivity contribution is 5.26. The molecule has 1 aromatic rings. The highest BCUT2D eigenvalue weighted by Gasteiger charge is 2.31. The monoisotopic (exact) mass is 392 g/mol. The first kappa shape index (κ1) is 22.4. The molecule has 1 aromatic carbocycles. The van der Waals surface area contributed by atoms with Gasteiger partial charge in [0.1, 0.15) is 0 Å². The average molecular weight is 393 g/mol. The van der Waals surface area contributed by atoms with E-state index < -0.39 is 0 Å². The summed E-state index contributed by atoms with van der Waals surface area (Å²) < 4.78 is 0. The van der Waals surface area contributed by atoms with Crippen LogP contribution in [0.1, 0.15) is 107 Å². The summed E-state index contributed by atoms with van der Waals surface area (Å²) in [7, 11) is 0. The van der Waals surface area contributed by atoms with Crippen LogP contribution in [0.2, 0.25) is 0 Å². The van der Waals surface area contributed by atoms with Crippen LogP contribution in [-0.4, -0.2) is 0 Å². The summed E-state index contributed by atoms with van der Waals surface area (Å²) in [4.78, 5) is 0. The van der Waals surface area contributed by atoms with Crippen molar-refractivity contribution in [3.63, 3.8) is 0 Å². The lowest BCUT2D eigenvalue weighted by Gasteiger charge is -2.38. The summed E-state index contributed by atoms with van der Waals surface area (Å²) >= 11 is 0. The first-order valence-electron chi connectivity index (χ1n) is 12.7. The van der Waals surface area contributed by atoms with Crippen LogP contribution in [0.4, 0.5) is 0 Å². The van der Waals surface area contributed by atoms with Crippen molar-refractivity contribution in [2.24, 2.45) is 17.8 Å². The number of allylic oxidation sites excluding steroid dienone is 3. The van der Waals surface area contributed by atoms with Crippen LogP contribution in [0.3, 0.4) is 0 Å². The molecular formula is C29H44. The molecule has 0 aromatic heterocycles. The predicted octanol–water partition coefficient (Wildman–Crippen LogP) is 9.02. The molecule has 0 nitrogen and oxygen atoms in total. The van der Waals surface area contributed by atoms with Gasteiger partial charge in [-0.25, -0.2) is 0 Å². The van der Waals surface area contributed by atoms with Gasteiger partial charge in [0.25, 0.3) is 0 Å². The van der Waals surface area contributed by atoms with Crippen molar-refractivity contribution in [2.75, 3.05) is 0 Å². The molecule has 0 amide bonds. The van der Waals surface area contributed by atoms with Crippen molar-refractivity contribution >= 4 is 0 Å². The Bertz CT molecular complexity index is 591. The van der Waals surface area contributed by atoms with Crippen LogP contribution in [-0.2, 0) is 6.42 Å². The van der Waals surface area contributed by atoms with Gasteiger partial charge in [-0.2, -0.15) is 0 Å². The van der Waals surface area contributed by atoms with Crippen LogP contribution in [0.15, 0.2) is 49.1 Å². The number of rotatable bonds is 10. The molecule has 0 unspecified atom stereocenters. The van der Waals surface area contributed by atoms with Gasteiger partial charge in [-0.1, -0.05) is 81.7 Å². The lowest BCUT2D eigenvalue weighted by atomic mass is 9.68. The van der Waals surface area contributed by atoms with E-state index in [-0.39, 0.29) is 0 Å². The van der Waals surface area contributed by atoms with Crippen LogP contribution < -0.4 is 0 Å². The predicted molar refractivity (Wildman–Crippen MR) is 128 cm³/mol. The maximum atomic E-state index is 3.76. The van der Waals surface area contributed by atoms with E-state index in [4.69, 9.17) is 0 Å². The van der Waals surface area contributed by atoms with Gasteiger partial charge >= 0.3 is 0 Å². The normalized spacial score (nSPS) is 27.9. The standard InChI is InChI=1S/C29H44/c1-3-5-7-9-11-25-14-18-27(19-15-25)29-22-20-28(21-23-29)26-16-12-24(13-17-26)10-8-6-4-2/h3,5,7,12-13,16-17,25,27-29H,1,4,6,8-11,14-15,18-23H2,2H3. The molecule has 0 heterocycles.